The van der Waals surface area contributed by atoms with Gasteiger partial charge >= 0.3 is 5.97 Å². The maximum atomic E-state index is 12.5. The Hall–Kier alpha value is -1.66. The van der Waals surface area contributed by atoms with Gasteiger partial charge in [0.15, 0.2) is 0 Å². The average Bonchev–Trinajstić information content (AvgIpc) is 3.28. The van der Waals surface area contributed by atoms with E-state index in [4.69, 9.17) is 4.74 Å². The van der Waals surface area contributed by atoms with Crippen molar-refractivity contribution < 1.29 is 24.5 Å². The fraction of sp³-hybridized carbons (Fsp3) is 0.895. The molecule has 0 aliphatic heterocycles. The highest BCUT2D eigenvalue weighted by atomic mass is 16.5. The van der Waals surface area contributed by atoms with Gasteiger partial charge in [-0.3, -0.25) is 9.59 Å². The summed E-state index contributed by atoms with van der Waals surface area (Å²) in [6, 6.07) is -0.564. The van der Waals surface area contributed by atoms with Crippen LogP contribution in [-0.4, -0.2) is 47.4 Å². The van der Waals surface area contributed by atoms with E-state index in [2.05, 4.69) is 43.5 Å². The maximum absolute atomic E-state index is 12.5. The summed E-state index contributed by atoms with van der Waals surface area (Å²) < 4.78 is 5.41. The Morgan fingerprint density at radius 2 is 0.762 bits per heavy atom. The number of allylic oxidation sites excluding steroid dienone is 4. The van der Waals surface area contributed by atoms with E-state index in [1.165, 1.54) is 186 Å². The normalized spacial score (nSPS) is 12.8. The van der Waals surface area contributed by atoms with Crippen molar-refractivity contribution in [1.29, 1.82) is 0 Å². The van der Waals surface area contributed by atoms with Crippen LogP contribution in [-0.2, 0) is 14.3 Å². The Morgan fingerprint density at radius 1 is 0.429 bits per heavy atom. The lowest BCUT2D eigenvalue weighted by atomic mass is 10.0. The molecule has 0 radical (unpaired) electrons. The highest BCUT2D eigenvalue weighted by Gasteiger charge is 2.20. The van der Waals surface area contributed by atoms with E-state index in [0.717, 1.165) is 83.5 Å². The molecule has 2 atom stereocenters. The number of amides is 1. The monoisotopic (exact) mass is 888 g/mol. The van der Waals surface area contributed by atoms with Gasteiger partial charge in [0.1, 0.15) is 0 Å². The molecule has 2 unspecified atom stereocenters. The van der Waals surface area contributed by atoms with Gasteiger partial charge in [0, 0.05) is 12.8 Å². The molecular weight excluding hydrogens is 779 g/mol. The minimum Gasteiger partial charge on any atom is -0.466 e. The molecule has 1 amide bonds. The smallest absolute Gasteiger partial charge is 0.305 e. The van der Waals surface area contributed by atoms with Crippen LogP contribution >= 0.6 is 0 Å². The fourth-order valence-corrected chi connectivity index (χ4v) is 8.62. The van der Waals surface area contributed by atoms with Crippen molar-refractivity contribution in [3.05, 3.63) is 24.3 Å². The Balaban J connectivity index is 3.50. The van der Waals surface area contributed by atoms with E-state index in [-0.39, 0.29) is 18.5 Å². The summed E-state index contributed by atoms with van der Waals surface area (Å²) >= 11 is 0. The Morgan fingerprint density at radius 3 is 1.17 bits per heavy atom. The number of unbranched alkanes of at least 4 members (excludes halogenated alkanes) is 37. The molecule has 0 aromatic heterocycles. The SMILES string of the molecule is CCCC/C=C\CCCCCCCC(=O)OCCCC/C=C\CCCCCCCC(=O)NC(CO)C(O)CCCCCCCCCCCCCCCCCCCCCCCCCC. The molecule has 0 heterocycles. The third-order valence-corrected chi connectivity index (χ3v) is 13.0. The van der Waals surface area contributed by atoms with Crippen molar-refractivity contribution in [3.63, 3.8) is 0 Å². The number of hydrogen-bond donors (Lipinski definition) is 3. The van der Waals surface area contributed by atoms with E-state index in [1.54, 1.807) is 0 Å². The second-order valence-corrected chi connectivity index (χ2v) is 19.3. The zero-order chi connectivity index (χ0) is 45.8. The summed E-state index contributed by atoms with van der Waals surface area (Å²) in [5.41, 5.74) is 0. The molecule has 0 rings (SSSR count). The van der Waals surface area contributed by atoms with Crippen LogP contribution in [0.1, 0.15) is 303 Å². The number of carbonyl (C=O) groups excluding carboxylic acids is 2. The van der Waals surface area contributed by atoms with E-state index >= 15 is 0 Å². The number of aliphatic hydroxyl groups is 2. The summed E-state index contributed by atoms with van der Waals surface area (Å²) in [4.78, 5) is 24.5. The highest BCUT2D eigenvalue weighted by molar-refractivity contribution is 5.76. The Bertz CT molecular complexity index is 982. The summed E-state index contributed by atoms with van der Waals surface area (Å²) in [5.74, 6) is -0.104. The molecule has 3 N–H and O–H groups in total. The van der Waals surface area contributed by atoms with Gasteiger partial charge in [-0.1, -0.05) is 244 Å². The number of esters is 1. The van der Waals surface area contributed by atoms with Crippen molar-refractivity contribution in [3.8, 4) is 0 Å². The van der Waals surface area contributed by atoms with E-state index < -0.39 is 12.1 Å². The second kappa shape index (κ2) is 53.0. The maximum Gasteiger partial charge on any atom is 0.305 e. The summed E-state index contributed by atoms with van der Waals surface area (Å²) in [7, 11) is 0. The molecular formula is C57H109NO5. The van der Waals surface area contributed by atoms with Crippen molar-refractivity contribution in [2.45, 2.75) is 315 Å². The summed E-state index contributed by atoms with van der Waals surface area (Å²) in [6.07, 6.45) is 63.1. The number of rotatable bonds is 52. The largest absolute Gasteiger partial charge is 0.466 e. The standard InChI is InChI=1S/C57H109NO5/c1-3-5-7-9-11-13-15-16-17-18-19-20-21-22-23-24-25-26-27-30-33-37-41-45-49-55(60)54(53-59)58-56(61)50-46-42-38-34-31-28-32-36-40-44-48-52-63-57(62)51-47-43-39-35-29-14-12-10-8-6-4-2/h10,12,32,36,54-55,59-60H,3-9,11,13-31,33-35,37-53H2,1-2H3,(H,58,61)/b12-10-,36-32-. The van der Waals surface area contributed by atoms with Crippen LogP contribution < -0.4 is 5.32 Å². The van der Waals surface area contributed by atoms with Crippen LogP contribution in [0.15, 0.2) is 24.3 Å². The third-order valence-electron chi connectivity index (χ3n) is 13.0. The third kappa shape index (κ3) is 49.6. The minimum absolute atomic E-state index is 0.0416. The van der Waals surface area contributed by atoms with Crippen LogP contribution in [0.2, 0.25) is 0 Å². The lowest BCUT2D eigenvalue weighted by Crippen LogP contribution is -2.45. The van der Waals surface area contributed by atoms with E-state index in [0.29, 0.717) is 25.9 Å². The molecule has 63 heavy (non-hydrogen) atoms. The first-order valence-electron chi connectivity index (χ1n) is 28.1. The van der Waals surface area contributed by atoms with Gasteiger partial charge < -0.3 is 20.3 Å². The molecule has 372 valence electrons. The number of ether oxygens (including phenoxy) is 1. The van der Waals surface area contributed by atoms with Gasteiger partial charge in [-0.25, -0.2) is 0 Å². The average molecular weight is 889 g/mol. The van der Waals surface area contributed by atoms with Crippen LogP contribution in [0, 0.1) is 0 Å². The first-order chi connectivity index (χ1) is 31.0. The van der Waals surface area contributed by atoms with Gasteiger partial charge in [-0.15, -0.1) is 0 Å². The predicted octanol–water partition coefficient (Wildman–Crippen LogP) is 17.1. The van der Waals surface area contributed by atoms with Gasteiger partial charge in [0.25, 0.3) is 0 Å². The zero-order valence-corrected chi connectivity index (χ0v) is 42.3. The topological polar surface area (TPSA) is 95.9 Å². The Labute approximate surface area is 392 Å². The summed E-state index contributed by atoms with van der Waals surface area (Å²) in [6.45, 7) is 4.85. The predicted molar refractivity (Wildman–Crippen MR) is 273 cm³/mol. The van der Waals surface area contributed by atoms with Crippen LogP contribution in [0.25, 0.3) is 0 Å². The van der Waals surface area contributed by atoms with Gasteiger partial charge in [-0.2, -0.15) is 0 Å². The second-order valence-electron chi connectivity index (χ2n) is 19.3. The molecule has 0 saturated carbocycles. The van der Waals surface area contributed by atoms with Gasteiger partial charge in [0.05, 0.1) is 25.4 Å². The molecule has 0 aromatic rings. The highest BCUT2D eigenvalue weighted by Crippen LogP contribution is 2.17. The number of nitrogens with one attached hydrogen (secondary N) is 1. The van der Waals surface area contributed by atoms with Crippen molar-refractivity contribution >= 4 is 11.9 Å². The van der Waals surface area contributed by atoms with Crippen LogP contribution in [0.4, 0.5) is 0 Å². The first kappa shape index (κ1) is 61.3. The quantitative estimate of drug-likeness (QED) is 0.0321. The van der Waals surface area contributed by atoms with Crippen molar-refractivity contribution in [2.75, 3.05) is 13.2 Å². The van der Waals surface area contributed by atoms with Crippen molar-refractivity contribution in [1.82, 2.24) is 5.32 Å². The molecule has 0 bridgehead atoms. The fourth-order valence-electron chi connectivity index (χ4n) is 8.62. The van der Waals surface area contributed by atoms with E-state index in [9.17, 15) is 19.8 Å². The van der Waals surface area contributed by atoms with Gasteiger partial charge in [-0.05, 0) is 70.6 Å². The van der Waals surface area contributed by atoms with Crippen LogP contribution in [0.5, 0.6) is 0 Å². The number of carbonyl (C=O) groups is 2. The molecule has 6 heteroatoms. The van der Waals surface area contributed by atoms with Crippen molar-refractivity contribution in [2.24, 2.45) is 0 Å². The Kier molecular flexibility index (Phi) is 51.6. The number of hydrogen-bond acceptors (Lipinski definition) is 5. The number of aliphatic hydroxyl groups excluding tert-OH is 2. The summed E-state index contributed by atoms with van der Waals surface area (Å²) in [5, 5.41) is 23.3. The molecule has 0 fully saturated rings. The molecule has 0 aliphatic rings. The lowest BCUT2D eigenvalue weighted by Gasteiger charge is -2.22. The van der Waals surface area contributed by atoms with Gasteiger partial charge in [0.2, 0.25) is 5.91 Å². The lowest BCUT2D eigenvalue weighted by molar-refractivity contribution is -0.143. The molecule has 6 nitrogen and oxygen atoms in total. The molecule has 0 aliphatic carbocycles. The van der Waals surface area contributed by atoms with E-state index in [1.807, 2.05) is 0 Å². The molecule has 0 aromatic carbocycles. The van der Waals surface area contributed by atoms with Crippen LogP contribution in [0.3, 0.4) is 0 Å². The zero-order valence-electron chi connectivity index (χ0n) is 42.3. The molecule has 0 spiro atoms. The minimum atomic E-state index is -0.684. The first-order valence-corrected chi connectivity index (χ1v) is 28.1. The molecule has 0 saturated heterocycles.